The number of carbonyl (C=O) groups is 1. The average Bonchev–Trinajstić information content (AvgIpc) is 2.60. The Morgan fingerprint density at radius 1 is 1.39 bits per heavy atom. The van der Waals surface area contributed by atoms with E-state index in [1.54, 1.807) is 7.11 Å². The highest BCUT2D eigenvalue weighted by Crippen LogP contribution is 2.13. The maximum Gasteiger partial charge on any atom is 0.246 e. The fourth-order valence-electron chi connectivity index (χ4n) is 2.48. The number of nitrogens with zero attached hydrogens (tertiary/aromatic N) is 1. The van der Waals surface area contributed by atoms with Gasteiger partial charge in [-0.15, -0.1) is 0 Å². The quantitative estimate of drug-likeness (QED) is 0.775. The van der Waals surface area contributed by atoms with Crippen molar-refractivity contribution in [3.63, 3.8) is 0 Å². The first kappa shape index (κ1) is 17.7. The molecule has 1 fully saturated rings. The summed E-state index contributed by atoms with van der Waals surface area (Å²) in [4.78, 5) is 14.2. The van der Waals surface area contributed by atoms with Gasteiger partial charge in [-0.05, 0) is 24.6 Å². The van der Waals surface area contributed by atoms with Crippen LogP contribution in [0.25, 0.3) is 0 Å². The van der Waals surface area contributed by atoms with Gasteiger partial charge in [0.1, 0.15) is 12.4 Å². The number of methoxy groups -OCH3 is 1. The van der Waals surface area contributed by atoms with E-state index in [4.69, 9.17) is 14.2 Å². The topological polar surface area (TPSA) is 60.0 Å². The molecule has 0 saturated carbocycles. The van der Waals surface area contributed by atoms with Crippen molar-refractivity contribution in [2.75, 3.05) is 46.6 Å². The molecular weight excluding hydrogens is 296 g/mol. The van der Waals surface area contributed by atoms with E-state index in [0.29, 0.717) is 19.2 Å². The molecule has 1 N–H and O–H groups in total. The third kappa shape index (κ3) is 6.17. The van der Waals surface area contributed by atoms with Crippen LogP contribution in [0.15, 0.2) is 24.3 Å². The van der Waals surface area contributed by atoms with Crippen LogP contribution < -0.4 is 10.1 Å². The molecule has 0 spiro atoms. The predicted octanol–water partition coefficient (Wildman–Crippen LogP) is 1.05. The standard InChI is InChI=1S/C17H26N2O4/c1-14(19-6-8-22-9-7-19)11-18-17(20)13-23-12-15-4-3-5-16(10-15)21-2/h3-5,10,14H,6-9,11-13H2,1-2H3,(H,18,20)/t14-/m1/s1. The van der Waals surface area contributed by atoms with Crippen molar-refractivity contribution in [2.24, 2.45) is 0 Å². The largest absolute Gasteiger partial charge is 0.497 e. The molecule has 1 heterocycles. The Labute approximate surface area is 137 Å². The second-order valence-electron chi connectivity index (χ2n) is 5.65. The smallest absolute Gasteiger partial charge is 0.246 e. The number of hydrogen-bond acceptors (Lipinski definition) is 5. The van der Waals surface area contributed by atoms with Crippen molar-refractivity contribution in [3.8, 4) is 5.75 Å². The number of rotatable bonds is 8. The molecule has 0 radical (unpaired) electrons. The van der Waals surface area contributed by atoms with Gasteiger partial charge in [0.15, 0.2) is 0 Å². The Bertz CT molecular complexity index is 489. The van der Waals surface area contributed by atoms with E-state index >= 15 is 0 Å². The van der Waals surface area contributed by atoms with E-state index in [-0.39, 0.29) is 12.5 Å². The Hall–Kier alpha value is -1.63. The Morgan fingerprint density at radius 2 is 2.17 bits per heavy atom. The van der Waals surface area contributed by atoms with Gasteiger partial charge in [-0.2, -0.15) is 0 Å². The van der Waals surface area contributed by atoms with Crippen LogP contribution in [0.2, 0.25) is 0 Å². The first-order chi connectivity index (χ1) is 11.2. The highest BCUT2D eigenvalue weighted by Gasteiger charge is 2.17. The summed E-state index contributed by atoms with van der Waals surface area (Å²) in [6.45, 7) is 6.57. The van der Waals surface area contributed by atoms with Gasteiger partial charge in [-0.1, -0.05) is 12.1 Å². The lowest BCUT2D eigenvalue weighted by atomic mass is 10.2. The Balaban J connectivity index is 1.62. The van der Waals surface area contributed by atoms with Crippen LogP contribution in [0.1, 0.15) is 12.5 Å². The molecule has 1 atom stereocenters. The predicted molar refractivity (Wildman–Crippen MR) is 87.5 cm³/mol. The maximum atomic E-state index is 11.8. The molecule has 128 valence electrons. The number of morpholine rings is 1. The molecule has 2 rings (SSSR count). The van der Waals surface area contributed by atoms with Gasteiger partial charge in [0.2, 0.25) is 5.91 Å². The molecular formula is C17H26N2O4. The minimum absolute atomic E-state index is 0.0625. The number of benzene rings is 1. The highest BCUT2D eigenvalue weighted by atomic mass is 16.5. The molecule has 0 aliphatic carbocycles. The van der Waals surface area contributed by atoms with Gasteiger partial charge in [0.05, 0.1) is 26.9 Å². The van der Waals surface area contributed by atoms with Crippen LogP contribution in [0.5, 0.6) is 5.75 Å². The van der Waals surface area contributed by atoms with Crippen LogP contribution in [0.4, 0.5) is 0 Å². The number of nitrogens with one attached hydrogen (secondary N) is 1. The van der Waals surface area contributed by atoms with Crippen LogP contribution >= 0.6 is 0 Å². The molecule has 1 aliphatic heterocycles. The van der Waals surface area contributed by atoms with E-state index in [1.165, 1.54) is 0 Å². The summed E-state index contributed by atoms with van der Waals surface area (Å²) in [5.74, 6) is 0.697. The molecule has 0 bridgehead atoms. The van der Waals surface area contributed by atoms with Gasteiger partial charge in [-0.25, -0.2) is 0 Å². The summed E-state index contributed by atoms with van der Waals surface area (Å²) < 4.78 is 15.9. The summed E-state index contributed by atoms with van der Waals surface area (Å²) in [6, 6.07) is 7.94. The van der Waals surface area contributed by atoms with Gasteiger partial charge >= 0.3 is 0 Å². The molecule has 1 amide bonds. The van der Waals surface area contributed by atoms with E-state index in [0.717, 1.165) is 37.6 Å². The lowest BCUT2D eigenvalue weighted by molar-refractivity contribution is -0.126. The fraction of sp³-hybridized carbons (Fsp3) is 0.588. The molecule has 1 saturated heterocycles. The maximum absolute atomic E-state index is 11.8. The van der Waals surface area contributed by atoms with Crippen molar-refractivity contribution in [1.82, 2.24) is 10.2 Å². The number of hydrogen-bond donors (Lipinski definition) is 1. The Kier molecular flexibility index (Phi) is 7.32. The second kappa shape index (κ2) is 9.50. The zero-order valence-electron chi connectivity index (χ0n) is 13.9. The molecule has 0 unspecified atom stereocenters. The number of ether oxygens (including phenoxy) is 3. The summed E-state index contributed by atoms with van der Waals surface area (Å²) in [5, 5.41) is 2.92. The molecule has 23 heavy (non-hydrogen) atoms. The number of carbonyl (C=O) groups excluding carboxylic acids is 1. The first-order valence-electron chi connectivity index (χ1n) is 7.98. The highest BCUT2D eigenvalue weighted by molar-refractivity contribution is 5.77. The lowest BCUT2D eigenvalue weighted by Gasteiger charge is -2.32. The van der Waals surface area contributed by atoms with Crippen molar-refractivity contribution >= 4 is 5.91 Å². The molecule has 6 nitrogen and oxygen atoms in total. The van der Waals surface area contributed by atoms with Crippen molar-refractivity contribution in [3.05, 3.63) is 29.8 Å². The minimum Gasteiger partial charge on any atom is -0.497 e. The summed E-state index contributed by atoms with van der Waals surface area (Å²) in [6.07, 6.45) is 0. The van der Waals surface area contributed by atoms with Crippen LogP contribution in [0, 0.1) is 0 Å². The van der Waals surface area contributed by atoms with E-state index in [9.17, 15) is 4.79 Å². The van der Waals surface area contributed by atoms with Crippen LogP contribution in [-0.2, 0) is 20.9 Å². The Morgan fingerprint density at radius 3 is 2.91 bits per heavy atom. The van der Waals surface area contributed by atoms with Crippen LogP contribution in [-0.4, -0.2) is 63.4 Å². The van der Waals surface area contributed by atoms with Gasteiger partial charge in [-0.3, -0.25) is 9.69 Å². The van der Waals surface area contributed by atoms with Crippen molar-refractivity contribution in [1.29, 1.82) is 0 Å². The number of amides is 1. The zero-order valence-corrected chi connectivity index (χ0v) is 13.9. The van der Waals surface area contributed by atoms with E-state index < -0.39 is 0 Å². The molecule has 0 aromatic heterocycles. The third-order valence-electron chi connectivity index (χ3n) is 3.90. The van der Waals surface area contributed by atoms with Crippen molar-refractivity contribution in [2.45, 2.75) is 19.6 Å². The van der Waals surface area contributed by atoms with Crippen molar-refractivity contribution < 1.29 is 19.0 Å². The molecule has 6 heteroatoms. The van der Waals surface area contributed by atoms with E-state index in [2.05, 4.69) is 17.1 Å². The monoisotopic (exact) mass is 322 g/mol. The first-order valence-corrected chi connectivity index (χ1v) is 7.98. The average molecular weight is 322 g/mol. The van der Waals surface area contributed by atoms with E-state index in [1.807, 2.05) is 24.3 Å². The normalized spacial score (nSPS) is 16.8. The zero-order chi connectivity index (χ0) is 16.5. The fourth-order valence-corrected chi connectivity index (χ4v) is 2.48. The van der Waals surface area contributed by atoms with Gasteiger partial charge in [0, 0.05) is 25.7 Å². The van der Waals surface area contributed by atoms with Gasteiger partial charge in [0.25, 0.3) is 0 Å². The lowest BCUT2D eigenvalue weighted by Crippen LogP contribution is -2.47. The molecule has 1 aromatic rings. The van der Waals surface area contributed by atoms with Gasteiger partial charge < -0.3 is 19.5 Å². The SMILES string of the molecule is COc1cccc(COCC(=O)NC[C@@H](C)N2CCOCC2)c1. The molecule has 1 aromatic carbocycles. The second-order valence-corrected chi connectivity index (χ2v) is 5.65. The minimum atomic E-state index is -0.0898. The summed E-state index contributed by atoms with van der Waals surface area (Å²) in [5.41, 5.74) is 0.985. The van der Waals surface area contributed by atoms with Crippen LogP contribution in [0.3, 0.4) is 0 Å². The third-order valence-corrected chi connectivity index (χ3v) is 3.90. The summed E-state index contributed by atoms with van der Waals surface area (Å²) in [7, 11) is 1.63. The molecule has 1 aliphatic rings. The summed E-state index contributed by atoms with van der Waals surface area (Å²) >= 11 is 0.